The smallest absolute Gasteiger partial charge is 0.251 e. The molecule has 2 bridgehead atoms. The molecule has 0 aromatic heterocycles. The maximum Gasteiger partial charge on any atom is 0.251 e. The van der Waals surface area contributed by atoms with Gasteiger partial charge in [-0.2, -0.15) is 0 Å². The van der Waals surface area contributed by atoms with Crippen LogP contribution >= 0.6 is 0 Å². The van der Waals surface area contributed by atoms with Crippen molar-refractivity contribution in [3.63, 3.8) is 0 Å². The molecule has 5 rings (SSSR count). The lowest BCUT2D eigenvalue weighted by Gasteiger charge is -2.44. The zero-order valence-electron chi connectivity index (χ0n) is 14.0. The molecular weight excluding hydrogens is 319 g/mol. The Balaban J connectivity index is 1.39. The second-order valence-electron chi connectivity index (χ2n) is 6.80. The summed E-state index contributed by atoms with van der Waals surface area (Å²) in [6.07, 6.45) is 2.34. The fourth-order valence-corrected chi connectivity index (χ4v) is 3.72. The zero-order chi connectivity index (χ0) is 17.2. The van der Waals surface area contributed by atoms with Crippen LogP contribution in [0.5, 0.6) is 11.5 Å². The molecule has 1 unspecified atom stereocenters. The van der Waals surface area contributed by atoms with E-state index in [0.717, 1.165) is 19.6 Å². The Morgan fingerprint density at radius 3 is 2.48 bits per heavy atom. The molecule has 0 saturated carbocycles. The van der Waals surface area contributed by atoms with E-state index in [4.69, 9.17) is 4.74 Å². The van der Waals surface area contributed by atoms with Gasteiger partial charge in [-0.3, -0.25) is 4.79 Å². The van der Waals surface area contributed by atoms with Crippen LogP contribution in [0.25, 0.3) is 0 Å². The third-order valence-electron chi connectivity index (χ3n) is 5.12. The first-order valence-corrected chi connectivity index (χ1v) is 8.74. The van der Waals surface area contributed by atoms with Crippen molar-refractivity contribution in [1.82, 2.24) is 10.2 Å². The molecular formula is C20H21FN2O2. The van der Waals surface area contributed by atoms with Crippen molar-refractivity contribution >= 4 is 5.91 Å². The Morgan fingerprint density at radius 2 is 1.84 bits per heavy atom. The molecule has 3 fully saturated rings. The zero-order valence-corrected chi connectivity index (χ0v) is 14.0. The van der Waals surface area contributed by atoms with Crippen molar-refractivity contribution < 1.29 is 13.9 Å². The first kappa shape index (κ1) is 16.1. The van der Waals surface area contributed by atoms with Crippen molar-refractivity contribution in [1.29, 1.82) is 0 Å². The summed E-state index contributed by atoms with van der Waals surface area (Å²) in [5, 5.41) is 3.17. The Labute approximate surface area is 146 Å². The molecule has 3 saturated heterocycles. The summed E-state index contributed by atoms with van der Waals surface area (Å²) in [6.45, 7) is 3.27. The third-order valence-corrected chi connectivity index (χ3v) is 5.12. The van der Waals surface area contributed by atoms with Gasteiger partial charge in [0.2, 0.25) is 0 Å². The number of rotatable bonds is 4. The van der Waals surface area contributed by atoms with Gasteiger partial charge in [0.25, 0.3) is 5.91 Å². The quantitative estimate of drug-likeness (QED) is 0.927. The predicted molar refractivity (Wildman–Crippen MR) is 93.3 cm³/mol. The first-order valence-electron chi connectivity index (χ1n) is 8.74. The van der Waals surface area contributed by atoms with Gasteiger partial charge in [-0.25, -0.2) is 4.39 Å². The lowest BCUT2D eigenvalue weighted by Crippen LogP contribution is -2.57. The van der Waals surface area contributed by atoms with Crippen molar-refractivity contribution in [2.45, 2.75) is 18.9 Å². The van der Waals surface area contributed by atoms with E-state index < -0.39 is 0 Å². The number of halogens is 1. The maximum absolute atomic E-state index is 13.2. The number of ether oxygens (including phenoxy) is 1. The molecule has 3 aliphatic rings. The molecule has 0 aliphatic carbocycles. The summed E-state index contributed by atoms with van der Waals surface area (Å²) >= 11 is 0. The number of hydrogen-bond donors (Lipinski definition) is 1. The molecule has 1 amide bonds. The molecule has 1 atom stereocenters. The molecule has 0 radical (unpaired) electrons. The van der Waals surface area contributed by atoms with Gasteiger partial charge < -0.3 is 15.0 Å². The average molecular weight is 340 g/mol. The topological polar surface area (TPSA) is 41.6 Å². The number of nitrogens with zero attached hydrogens (tertiary/aromatic N) is 1. The number of carbonyl (C=O) groups excluding carboxylic acids is 1. The lowest BCUT2D eigenvalue weighted by atomic mass is 9.84. The number of nitrogens with one attached hydrogen (secondary N) is 1. The average Bonchev–Trinajstić information content (AvgIpc) is 2.63. The van der Waals surface area contributed by atoms with Crippen molar-refractivity contribution in [2.24, 2.45) is 5.92 Å². The highest BCUT2D eigenvalue weighted by molar-refractivity contribution is 5.94. The highest BCUT2D eigenvalue weighted by Crippen LogP contribution is 2.28. The van der Waals surface area contributed by atoms with E-state index in [9.17, 15) is 9.18 Å². The summed E-state index contributed by atoms with van der Waals surface area (Å²) in [6, 6.07) is 13.2. The molecule has 4 nitrogen and oxygen atoms in total. The van der Waals surface area contributed by atoms with Crippen LogP contribution in [0.1, 0.15) is 23.2 Å². The number of hydrogen-bond acceptors (Lipinski definition) is 3. The van der Waals surface area contributed by atoms with Crippen LogP contribution in [0.2, 0.25) is 0 Å². The number of piperidine rings is 3. The fourth-order valence-electron chi connectivity index (χ4n) is 3.72. The van der Waals surface area contributed by atoms with Crippen LogP contribution in [0, 0.1) is 11.7 Å². The molecule has 0 spiro atoms. The molecule has 2 aromatic rings. The number of amides is 1. The van der Waals surface area contributed by atoms with Crippen molar-refractivity contribution in [3.8, 4) is 11.5 Å². The standard InChI is InChI=1S/C20H21FN2O2/c21-16-2-1-3-18(12-16)25-17-6-4-15(5-7-17)20(24)22-19-13-23-10-8-14(19)9-11-23/h1-7,12,14,19H,8-11,13H2,(H,22,24). The fraction of sp³-hybridized carbons (Fsp3) is 0.350. The minimum absolute atomic E-state index is 0.0453. The second-order valence-corrected chi connectivity index (χ2v) is 6.80. The van der Waals surface area contributed by atoms with Crippen LogP contribution in [0.3, 0.4) is 0 Å². The molecule has 130 valence electrons. The van der Waals surface area contributed by atoms with Crippen LogP contribution < -0.4 is 10.1 Å². The van der Waals surface area contributed by atoms with Crippen LogP contribution in [0.15, 0.2) is 48.5 Å². The van der Waals surface area contributed by atoms with Gasteiger partial charge in [0.15, 0.2) is 0 Å². The van der Waals surface area contributed by atoms with Gasteiger partial charge in [-0.1, -0.05) is 6.07 Å². The van der Waals surface area contributed by atoms with Crippen LogP contribution in [0.4, 0.5) is 4.39 Å². The lowest BCUT2D eigenvalue weighted by molar-refractivity contribution is 0.0620. The maximum atomic E-state index is 13.2. The number of carbonyl (C=O) groups is 1. The summed E-state index contributed by atoms with van der Waals surface area (Å²) < 4.78 is 18.8. The number of benzene rings is 2. The predicted octanol–water partition coefficient (Wildman–Crippen LogP) is 3.44. The Bertz CT molecular complexity index is 755. The van der Waals surface area contributed by atoms with E-state index in [-0.39, 0.29) is 17.8 Å². The third kappa shape index (κ3) is 3.66. The SMILES string of the molecule is O=C(NC1CN2CCC1CC2)c1ccc(Oc2cccc(F)c2)cc1. The summed E-state index contributed by atoms with van der Waals surface area (Å²) in [7, 11) is 0. The van der Waals surface area contributed by atoms with E-state index in [0.29, 0.717) is 23.0 Å². The van der Waals surface area contributed by atoms with Gasteiger partial charge in [0.05, 0.1) is 0 Å². The molecule has 3 heterocycles. The van der Waals surface area contributed by atoms with Gasteiger partial charge in [0, 0.05) is 24.2 Å². The second kappa shape index (κ2) is 6.84. The molecule has 25 heavy (non-hydrogen) atoms. The van der Waals surface area contributed by atoms with Gasteiger partial charge in [-0.15, -0.1) is 0 Å². The largest absolute Gasteiger partial charge is 0.457 e. The minimum atomic E-state index is -0.342. The van der Waals surface area contributed by atoms with Crippen LogP contribution in [-0.4, -0.2) is 36.5 Å². The highest BCUT2D eigenvalue weighted by atomic mass is 19.1. The van der Waals surface area contributed by atoms with E-state index in [1.807, 2.05) is 0 Å². The molecule has 2 aromatic carbocycles. The minimum Gasteiger partial charge on any atom is -0.457 e. The van der Waals surface area contributed by atoms with Crippen molar-refractivity contribution in [2.75, 3.05) is 19.6 Å². The van der Waals surface area contributed by atoms with E-state index in [1.54, 1.807) is 36.4 Å². The Kier molecular flexibility index (Phi) is 4.40. The Hall–Kier alpha value is -2.40. The summed E-state index contributed by atoms with van der Waals surface area (Å²) in [4.78, 5) is 14.9. The molecule has 5 heteroatoms. The van der Waals surface area contributed by atoms with Gasteiger partial charge in [0.1, 0.15) is 17.3 Å². The summed E-state index contributed by atoms with van der Waals surface area (Å²) in [5.74, 6) is 1.22. The monoisotopic (exact) mass is 340 g/mol. The van der Waals surface area contributed by atoms with E-state index in [2.05, 4.69) is 10.2 Å². The highest BCUT2D eigenvalue weighted by Gasteiger charge is 2.34. The Morgan fingerprint density at radius 1 is 1.08 bits per heavy atom. The van der Waals surface area contributed by atoms with E-state index >= 15 is 0 Å². The van der Waals surface area contributed by atoms with Crippen LogP contribution in [-0.2, 0) is 0 Å². The van der Waals surface area contributed by atoms with Gasteiger partial charge in [-0.05, 0) is 68.2 Å². The van der Waals surface area contributed by atoms with Crippen molar-refractivity contribution in [3.05, 3.63) is 59.9 Å². The number of fused-ring (bicyclic) bond motifs is 3. The molecule has 3 aliphatic heterocycles. The first-order chi connectivity index (χ1) is 12.2. The summed E-state index contributed by atoms with van der Waals surface area (Å²) in [5.41, 5.74) is 0.614. The normalized spacial score (nSPS) is 24.8. The van der Waals surface area contributed by atoms with Gasteiger partial charge >= 0.3 is 0 Å². The van der Waals surface area contributed by atoms with E-state index in [1.165, 1.54) is 25.0 Å². The molecule has 1 N–H and O–H groups in total.